The molecule has 4 nitrogen and oxygen atoms in total. The van der Waals surface area contributed by atoms with Gasteiger partial charge in [0.25, 0.3) is 5.91 Å². The van der Waals surface area contributed by atoms with Crippen LogP contribution in [0.1, 0.15) is 36.2 Å². The molecule has 0 bridgehead atoms. The predicted molar refractivity (Wildman–Crippen MR) is 67.2 cm³/mol. The fourth-order valence-corrected chi connectivity index (χ4v) is 3.03. The van der Waals surface area contributed by atoms with Crippen molar-refractivity contribution in [2.75, 3.05) is 13.2 Å². The quantitative estimate of drug-likeness (QED) is 0.865. The van der Waals surface area contributed by atoms with Crippen molar-refractivity contribution < 1.29 is 9.53 Å². The Morgan fingerprint density at radius 1 is 1.33 bits per heavy atom. The van der Waals surface area contributed by atoms with Crippen molar-refractivity contribution in [1.29, 1.82) is 0 Å². The maximum absolute atomic E-state index is 12.1. The van der Waals surface area contributed by atoms with Crippen LogP contribution in [0, 0.1) is 5.41 Å². The monoisotopic (exact) mass is 246 g/mol. The van der Waals surface area contributed by atoms with Gasteiger partial charge in [-0.2, -0.15) is 0 Å². The van der Waals surface area contributed by atoms with Crippen LogP contribution in [0.15, 0.2) is 24.4 Å². The maximum atomic E-state index is 12.1. The molecule has 2 fully saturated rings. The minimum atomic E-state index is -0.0498. The standard InChI is InChI=1S/C14H18N2O2/c17-13(11-3-1-2-8-15-11)16-12-4-5-14(12)6-9-18-10-7-14/h1-3,8,12H,4-7,9-10H2,(H,16,17). The van der Waals surface area contributed by atoms with Crippen LogP contribution >= 0.6 is 0 Å². The largest absolute Gasteiger partial charge is 0.381 e. The first-order valence-electron chi connectivity index (χ1n) is 6.60. The van der Waals surface area contributed by atoms with E-state index in [1.807, 2.05) is 12.1 Å². The van der Waals surface area contributed by atoms with Crippen LogP contribution < -0.4 is 5.32 Å². The summed E-state index contributed by atoms with van der Waals surface area (Å²) >= 11 is 0. The third kappa shape index (κ3) is 2.01. The molecule has 0 aromatic carbocycles. The van der Waals surface area contributed by atoms with Crippen LogP contribution in [0.5, 0.6) is 0 Å². The van der Waals surface area contributed by atoms with Gasteiger partial charge in [0, 0.05) is 25.5 Å². The molecule has 4 heteroatoms. The normalized spacial score (nSPS) is 25.4. The molecule has 1 saturated heterocycles. The van der Waals surface area contributed by atoms with Gasteiger partial charge in [-0.25, -0.2) is 0 Å². The van der Waals surface area contributed by atoms with Crippen molar-refractivity contribution in [3.8, 4) is 0 Å². The highest BCUT2D eigenvalue weighted by Gasteiger charge is 2.48. The maximum Gasteiger partial charge on any atom is 0.270 e. The van der Waals surface area contributed by atoms with Gasteiger partial charge in [-0.15, -0.1) is 0 Å². The molecular weight excluding hydrogens is 228 g/mol. The first kappa shape index (κ1) is 11.7. The molecule has 1 N–H and O–H groups in total. The van der Waals surface area contributed by atoms with Gasteiger partial charge in [0.2, 0.25) is 0 Å². The number of amides is 1. The van der Waals surface area contributed by atoms with Gasteiger partial charge in [0.15, 0.2) is 0 Å². The lowest BCUT2D eigenvalue weighted by Gasteiger charge is -2.52. The molecular formula is C14H18N2O2. The number of carbonyl (C=O) groups excluding carboxylic acids is 1. The summed E-state index contributed by atoms with van der Waals surface area (Å²) in [6, 6.07) is 5.72. The van der Waals surface area contributed by atoms with Crippen molar-refractivity contribution in [3.05, 3.63) is 30.1 Å². The van der Waals surface area contributed by atoms with E-state index in [1.165, 1.54) is 6.42 Å². The Morgan fingerprint density at radius 3 is 2.78 bits per heavy atom. The fourth-order valence-electron chi connectivity index (χ4n) is 3.03. The minimum absolute atomic E-state index is 0.0498. The van der Waals surface area contributed by atoms with Crippen LogP contribution in [-0.4, -0.2) is 30.1 Å². The summed E-state index contributed by atoms with van der Waals surface area (Å²) in [5.41, 5.74) is 0.800. The zero-order valence-electron chi connectivity index (χ0n) is 10.4. The Morgan fingerprint density at radius 2 is 2.17 bits per heavy atom. The molecule has 18 heavy (non-hydrogen) atoms. The number of carbonyl (C=O) groups is 1. The van der Waals surface area contributed by atoms with Gasteiger partial charge in [0.1, 0.15) is 5.69 Å². The molecule has 1 saturated carbocycles. The summed E-state index contributed by atoms with van der Waals surface area (Å²) < 4.78 is 5.41. The number of nitrogens with zero attached hydrogens (tertiary/aromatic N) is 1. The zero-order valence-corrected chi connectivity index (χ0v) is 10.4. The highest BCUT2D eigenvalue weighted by atomic mass is 16.5. The first-order valence-corrected chi connectivity index (χ1v) is 6.60. The second-order valence-corrected chi connectivity index (χ2v) is 5.25. The number of ether oxygens (including phenoxy) is 1. The zero-order chi connectivity index (χ0) is 12.4. The van der Waals surface area contributed by atoms with Gasteiger partial charge in [-0.3, -0.25) is 9.78 Å². The van der Waals surface area contributed by atoms with Crippen LogP contribution in [0.25, 0.3) is 0 Å². The van der Waals surface area contributed by atoms with E-state index in [2.05, 4.69) is 10.3 Å². The summed E-state index contributed by atoms with van der Waals surface area (Å²) in [6.07, 6.45) is 6.09. The molecule has 2 aliphatic rings. The molecule has 1 aromatic heterocycles. The Balaban J connectivity index is 1.65. The number of nitrogens with one attached hydrogen (secondary N) is 1. The number of hydrogen-bond donors (Lipinski definition) is 1. The third-order valence-electron chi connectivity index (χ3n) is 4.36. The third-order valence-corrected chi connectivity index (χ3v) is 4.36. The summed E-state index contributed by atoms with van der Waals surface area (Å²) in [7, 11) is 0. The molecule has 2 heterocycles. The number of hydrogen-bond acceptors (Lipinski definition) is 3. The fraction of sp³-hybridized carbons (Fsp3) is 0.571. The Hall–Kier alpha value is -1.42. The van der Waals surface area contributed by atoms with E-state index in [-0.39, 0.29) is 5.91 Å². The molecule has 1 aromatic rings. The van der Waals surface area contributed by atoms with E-state index in [1.54, 1.807) is 12.3 Å². The van der Waals surface area contributed by atoms with Crippen molar-refractivity contribution in [2.24, 2.45) is 5.41 Å². The molecule has 1 spiro atoms. The van der Waals surface area contributed by atoms with Crippen LogP contribution in [0.4, 0.5) is 0 Å². The average molecular weight is 246 g/mol. The molecule has 1 aliphatic heterocycles. The van der Waals surface area contributed by atoms with E-state index < -0.39 is 0 Å². The van der Waals surface area contributed by atoms with Crippen LogP contribution in [-0.2, 0) is 4.74 Å². The number of pyridine rings is 1. The highest BCUT2D eigenvalue weighted by molar-refractivity contribution is 5.92. The van der Waals surface area contributed by atoms with Crippen molar-refractivity contribution >= 4 is 5.91 Å². The van der Waals surface area contributed by atoms with Gasteiger partial charge in [-0.05, 0) is 43.2 Å². The molecule has 1 amide bonds. The molecule has 1 atom stereocenters. The Labute approximate surface area is 107 Å². The van der Waals surface area contributed by atoms with Crippen LogP contribution in [0.2, 0.25) is 0 Å². The smallest absolute Gasteiger partial charge is 0.270 e. The summed E-state index contributed by atoms with van der Waals surface area (Å²) in [5, 5.41) is 3.14. The lowest BCUT2D eigenvalue weighted by Crippen LogP contribution is -2.57. The Bertz CT molecular complexity index is 427. The van der Waals surface area contributed by atoms with Gasteiger partial charge in [0.05, 0.1) is 0 Å². The van der Waals surface area contributed by atoms with E-state index in [0.717, 1.165) is 32.5 Å². The first-order chi connectivity index (χ1) is 8.80. The second-order valence-electron chi connectivity index (χ2n) is 5.25. The van der Waals surface area contributed by atoms with E-state index in [4.69, 9.17) is 4.74 Å². The summed E-state index contributed by atoms with van der Waals surface area (Å²) in [5.74, 6) is -0.0498. The Kier molecular flexibility index (Phi) is 3.04. The predicted octanol–water partition coefficient (Wildman–Crippen LogP) is 1.77. The molecule has 1 aliphatic carbocycles. The van der Waals surface area contributed by atoms with E-state index in [9.17, 15) is 4.79 Å². The van der Waals surface area contributed by atoms with E-state index >= 15 is 0 Å². The SMILES string of the molecule is O=C(NC1CCC12CCOCC2)c1ccccn1. The topological polar surface area (TPSA) is 51.2 Å². The van der Waals surface area contributed by atoms with Gasteiger partial charge in [-0.1, -0.05) is 6.07 Å². The average Bonchev–Trinajstić information content (AvgIpc) is 2.45. The molecule has 96 valence electrons. The number of rotatable bonds is 2. The lowest BCUT2D eigenvalue weighted by molar-refractivity contribution is -0.0523. The molecule has 1 unspecified atom stereocenters. The lowest BCUT2D eigenvalue weighted by atomic mass is 9.60. The summed E-state index contributed by atoms with van der Waals surface area (Å²) in [6.45, 7) is 1.66. The van der Waals surface area contributed by atoms with Crippen molar-refractivity contribution in [2.45, 2.75) is 31.7 Å². The summed E-state index contributed by atoms with van der Waals surface area (Å²) in [4.78, 5) is 16.2. The minimum Gasteiger partial charge on any atom is -0.381 e. The van der Waals surface area contributed by atoms with Crippen LogP contribution in [0.3, 0.4) is 0 Å². The molecule has 0 radical (unpaired) electrons. The highest BCUT2D eigenvalue weighted by Crippen LogP contribution is 2.48. The van der Waals surface area contributed by atoms with Gasteiger partial charge < -0.3 is 10.1 Å². The van der Waals surface area contributed by atoms with Crippen molar-refractivity contribution in [1.82, 2.24) is 10.3 Å². The number of aromatic nitrogens is 1. The van der Waals surface area contributed by atoms with E-state index in [0.29, 0.717) is 17.2 Å². The van der Waals surface area contributed by atoms with Crippen molar-refractivity contribution in [3.63, 3.8) is 0 Å². The second kappa shape index (κ2) is 4.69. The van der Waals surface area contributed by atoms with Gasteiger partial charge >= 0.3 is 0 Å². The molecule has 3 rings (SSSR count).